The van der Waals surface area contributed by atoms with Crippen LogP contribution in [0.4, 0.5) is 18.9 Å². The van der Waals surface area contributed by atoms with Crippen LogP contribution in [0.1, 0.15) is 5.56 Å². The monoisotopic (exact) mass is 237 g/mol. The van der Waals surface area contributed by atoms with Crippen molar-refractivity contribution in [3.05, 3.63) is 11.8 Å². The predicted octanol–water partition coefficient (Wildman–Crippen LogP) is 1.03. The number of hydrogen-bond donors (Lipinski definition) is 2. The Morgan fingerprint density at radius 3 is 2.50 bits per heavy atom. The number of ether oxygens (including phenoxy) is 2. The molecule has 0 aliphatic rings. The van der Waals surface area contributed by atoms with Gasteiger partial charge in [0.2, 0.25) is 0 Å². The Morgan fingerprint density at radius 1 is 1.44 bits per heavy atom. The average Bonchev–Trinajstić information content (AvgIpc) is 2.18. The van der Waals surface area contributed by atoms with Crippen molar-refractivity contribution in [1.82, 2.24) is 4.98 Å². The van der Waals surface area contributed by atoms with E-state index in [-0.39, 0.29) is 23.5 Å². The van der Waals surface area contributed by atoms with Gasteiger partial charge >= 0.3 is 6.36 Å². The molecule has 0 saturated heterocycles. The van der Waals surface area contributed by atoms with Gasteiger partial charge in [0.15, 0.2) is 5.75 Å². The number of rotatable bonds is 3. The zero-order valence-corrected chi connectivity index (χ0v) is 8.34. The highest BCUT2D eigenvalue weighted by atomic mass is 19.4. The first kappa shape index (κ1) is 12.4. The van der Waals surface area contributed by atoms with Gasteiger partial charge in [-0.2, -0.15) is 0 Å². The van der Waals surface area contributed by atoms with E-state index in [0.717, 1.165) is 6.20 Å². The second-order valence-corrected chi connectivity index (χ2v) is 2.78. The van der Waals surface area contributed by atoms with Crippen molar-refractivity contribution in [3.8, 4) is 11.6 Å². The number of anilines is 1. The van der Waals surface area contributed by atoms with Crippen molar-refractivity contribution in [1.29, 1.82) is 0 Å². The van der Waals surface area contributed by atoms with E-state index in [1.807, 2.05) is 0 Å². The van der Waals surface area contributed by atoms with E-state index >= 15 is 0 Å². The van der Waals surface area contributed by atoms with Gasteiger partial charge in [-0.05, 0) is 0 Å². The molecule has 0 fully saturated rings. The van der Waals surface area contributed by atoms with Gasteiger partial charge in [0, 0.05) is 12.1 Å². The van der Waals surface area contributed by atoms with Crippen molar-refractivity contribution < 1.29 is 22.6 Å². The number of methoxy groups -OCH3 is 1. The molecule has 1 aromatic heterocycles. The van der Waals surface area contributed by atoms with Gasteiger partial charge in [0.25, 0.3) is 5.88 Å². The molecule has 0 bridgehead atoms. The highest BCUT2D eigenvalue weighted by molar-refractivity contribution is 5.56. The molecule has 0 amide bonds. The molecule has 0 atom stereocenters. The van der Waals surface area contributed by atoms with Gasteiger partial charge < -0.3 is 20.9 Å². The molecule has 1 aromatic rings. The standard InChI is InChI=1S/C8H10F3N3O2/c1-15-6-4(2-12)5(13)3-14-7(6)16-8(9,10)11/h3H,2,12-13H2,1H3. The second-order valence-electron chi connectivity index (χ2n) is 2.78. The minimum absolute atomic E-state index is 0.0776. The van der Waals surface area contributed by atoms with Gasteiger partial charge in [-0.3, -0.25) is 0 Å². The normalized spacial score (nSPS) is 11.3. The van der Waals surface area contributed by atoms with Crippen LogP contribution in [0.25, 0.3) is 0 Å². The largest absolute Gasteiger partial charge is 0.574 e. The molecule has 1 rings (SSSR count). The van der Waals surface area contributed by atoms with Crippen LogP contribution in [0.3, 0.4) is 0 Å². The number of alkyl halides is 3. The Hall–Kier alpha value is -1.70. The summed E-state index contributed by atoms with van der Waals surface area (Å²) in [6.07, 6.45) is -3.81. The molecule has 0 aromatic carbocycles. The second kappa shape index (κ2) is 4.44. The minimum atomic E-state index is -4.84. The zero-order chi connectivity index (χ0) is 12.3. The number of hydrogen-bond acceptors (Lipinski definition) is 5. The van der Waals surface area contributed by atoms with Crippen LogP contribution >= 0.6 is 0 Å². The summed E-state index contributed by atoms with van der Waals surface area (Å²) >= 11 is 0. The van der Waals surface area contributed by atoms with E-state index in [9.17, 15) is 13.2 Å². The van der Waals surface area contributed by atoms with E-state index in [2.05, 4.69) is 9.72 Å². The molecular formula is C8H10F3N3O2. The highest BCUT2D eigenvalue weighted by Gasteiger charge is 2.34. The smallest absolute Gasteiger partial charge is 0.491 e. The van der Waals surface area contributed by atoms with Crippen LogP contribution in [0.15, 0.2) is 6.20 Å². The maximum Gasteiger partial charge on any atom is 0.574 e. The third kappa shape index (κ3) is 2.66. The molecule has 0 radical (unpaired) electrons. The van der Waals surface area contributed by atoms with E-state index in [1.54, 1.807) is 0 Å². The van der Waals surface area contributed by atoms with Gasteiger partial charge in [0.1, 0.15) is 0 Å². The molecule has 5 nitrogen and oxygen atoms in total. The Balaban J connectivity index is 3.19. The maximum absolute atomic E-state index is 12.0. The van der Waals surface area contributed by atoms with E-state index in [1.165, 1.54) is 7.11 Å². The van der Waals surface area contributed by atoms with E-state index in [0.29, 0.717) is 0 Å². The number of aromatic nitrogens is 1. The molecule has 1 heterocycles. The lowest BCUT2D eigenvalue weighted by Crippen LogP contribution is -2.19. The van der Waals surface area contributed by atoms with E-state index in [4.69, 9.17) is 16.2 Å². The predicted molar refractivity (Wildman–Crippen MR) is 49.8 cm³/mol. The summed E-state index contributed by atoms with van der Waals surface area (Å²) in [6, 6.07) is 0. The number of nitrogens with zero attached hydrogens (tertiary/aromatic N) is 1. The third-order valence-corrected chi connectivity index (χ3v) is 1.76. The zero-order valence-electron chi connectivity index (χ0n) is 8.34. The minimum Gasteiger partial charge on any atom is -0.491 e. The Labute approximate surface area is 89.1 Å². The molecule has 0 saturated carbocycles. The van der Waals surface area contributed by atoms with Crippen LogP contribution in [0.5, 0.6) is 11.6 Å². The van der Waals surface area contributed by atoms with Crippen LogP contribution in [0.2, 0.25) is 0 Å². The number of halogens is 3. The molecule has 90 valence electrons. The van der Waals surface area contributed by atoms with Crippen LogP contribution in [0, 0.1) is 0 Å². The topological polar surface area (TPSA) is 83.4 Å². The summed E-state index contributed by atoms with van der Waals surface area (Å²) in [5, 5.41) is 0. The van der Waals surface area contributed by atoms with Crippen LogP contribution in [-0.4, -0.2) is 18.5 Å². The summed E-state index contributed by atoms with van der Waals surface area (Å²) in [5.74, 6) is -0.913. The summed E-state index contributed by atoms with van der Waals surface area (Å²) in [5.41, 5.74) is 11.2. The number of nitrogen functional groups attached to an aromatic ring is 1. The fourth-order valence-electron chi connectivity index (χ4n) is 1.13. The van der Waals surface area contributed by atoms with Crippen LogP contribution in [-0.2, 0) is 6.54 Å². The average molecular weight is 237 g/mol. The first-order valence-corrected chi connectivity index (χ1v) is 4.16. The first-order valence-electron chi connectivity index (χ1n) is 4.16. The van der Waals surface area contributed by atoms with Crippen molar-refractivity contribution in [2.45, 2.75) is 12.9 Å². The molecule has 0 aliphatic carbocycles. The maximum atomic E-state index is 12.0. The van der Waals surface area contributed by atoms with Crippen molar-refractivity contribution in [3.63, 3.8) is 0 Å². The van der Waals surface area contributed by atoms with Crippen LogP contribution < -0.4 is 20.9 Å². The Morgan fingerprint density at radius 2 is 2.06 bits per heavy atom. The summed E-state index contributed by atoms with van der Waals surface area (Å²) in [7, 11) is 1.18. The molecule has 4 N–H and O–H groups in total. The Kier molecular flexibility index (Phi) is 3.43. The highest BCUT2D eigenvalue weighted by Crippen LogP contribution is 2.35. The van der Waals surface area contributed by atoms with Gasteiger partial charge in [-0.25, -0.2) is 4.98 Å². The fraction of sp³-hybridized carbons (Fsp3) is 0.375. The molecule has 16 heavy (non-hydrogen) atoms. The third-order valence-electron chi connectivity index (χ3n) is 1.76. The summed E-state index contributed by atoms with van der Waals surface area (Å²) in [6.45, 7) is -0.0776. The first-order chi connectivity index (χ1) is 7.39. The SMILES string of the molecule is COc1c(OC(F)(F)F)ncc(N)c1CN. The Bertz CT molecular complexity index is 382. The lowest BCUT2D eigenvalue weighted by atomic mass is 10.2. The molecule has 0 spiro atoms. The van der Waals surface area contributed by atoms with Crippen molar-refractivity contribution in [2.24, 2.45) is 5.73 Å². The summed E-state index contributed by atoms with van der Waals surface area (Å²) < 4.78 is 44.5. The van der Waals surface area contributed by atoms with Crippen molar-refractivity contribution >= 4 is 5.69 Å². The van der Waals surface area contributed by atoms with E-state index < -0.39 is 12.2 Å². The molecule has 0 aliphatic heterocycles. The summed E-state index contributed by atoms with van der Waals surface area (Å²) in [4.78, 5) is 3.40. The molecular weight excluding hydrogens is 227 g/mol. The molecule has 0 unspecified atom stereocenters. The number of nitrogens with two attached hydrogens (primary N) is 2. The fourth-order valence-corrected chi connectivity index (χ4v) is 1.13. The lowest BCUT2D eigenvalue weighted by Gasteiger charge is -2.14. The van der Waals surface area contributed by atoms with Gasteiger partial charge in [-0.15, -0.1) is 13.2 Å². The quantitative estimate of drug-likeness (QED) is 0.820. The van der Waals surface area contributed by atoms with Gasteiger partial charge in [0.05, 0.1) is 19.0 Å². The molecule has 8 heteroatoms. The number of pyridine rings is 1. The van der Waals surface area contributed by atoms with Crippen molar-refractivity contribution in [2.75, 3.05) is 12.8 Å². The van der Waals surface area contributed by atoms with Gasteiger partial charge in [-0.1, -0.05) is 0 Å². The lowest BCUT2D eigenvalue weighted by molar-refractivity contribution is -0.276.